The minimum atomic E-state index is -0.224. The van der Waals surface area contributed by atoms with E-state index in [1.807, 2.05) is 24.3 Å². The second-order valence-electron chi connectivity index (χ2n) is 6.54. The molecule has 1 heterocycles. The summed E-state index contributed by atoms with van der Waals surface area (Å²) in [6.07, 6.45) is 1.00. The van der Waals surface area contributed by atoms with Crippen LogP contribution in [0.2, 0.25) is 0 Å². The first kappa shape index (κ1) is 18.2. The molecule has 0 saturated carbocycles. The van der Waals surface area contributed by atoms with E-state index in [1.54, 1.807) is 19.2 Å². The number of nitrogens with one attached hydrogen (secondary N) is 2. The van der Waals surface area contributed by atoms with Gasteiger partial charge >= 0.3 is 6.03 Å². The zero-order valence-electron chi connectivity index (χ0n) is 14.9. The molecule has 1 fully saturated rings. The van der Waals surface area contributed by atoms with Crippen molar-refractivity contribution in [1.29, 1.82) is 0 Å². The summed E-state index contributed by atoms with van der Waals surface area (Å²) in [7, 11) is 1.65. The normalized spacial score (nSPS) is 16.5. The highest BCUT2D eigenvalue weighted by Gasteiger charge is 2.23. The van der Waals surface area contributed by atoms with Gasteiger partial charge in [-0.15, -0.1) is 0 Å². The summed E-state index contributed by atoms with van der Waals surface area (Å²) < 4.78 is 18.1. The second-order valence-corrected chi connectivity index (χ2v) is 6.54. The van der Waals surface area contributed by atoms with Crippen molar-refractivity contribution >= 4 is 17.4 Å². The standard InChI is InChI=1S/C20H24FN3O2/c1-26-14-15-2-6-18(7-3-15)23-20(25)22-12-16-10-11-24(13-16)19-8-4-17(21)5-9-19/h2-9,16H,10-14H2,1H3,(H2,22,23,25). The van der Waals surface area contributed by atoms with E-state index in [0.29, 0.717) is 19.1 Å². The number of hydrogen-bond acceptors (Lipinski definition) is 3. The lowest BCUT2D eigenvalue weighted by Gasteiger charge is -2.19. The van der Waals surface area contributed by atoms with Gasteiger partial charge in [-0.2, -0.15) is 0 Å². The maximum absolute atomic E-state index is 13.0. The van der Waals surface area contributed by atoms with Gasteiger partial charge in [0.25, 0.3) is 0 Å². The summed E-state index contributed by atoms with van der Waals surface area (Å²) in [5, 5.41) is 5.77. The molecule has 3 rings (SSSR count). The number of hydrogen-bond donors (Lipinski definition) is 2. The lowest BCUT2D eigenvalue weighted by molar-refractivity contribution is 0.185. The van der Waals surface area contributed by atoms with Crippen LogP contribution < -0.4 is 15.5 Å². The van der Waals surface area contributed by atoms with Crippen LogP contribution in [0.4, 0.5) is 20.6 Å². The van der Waals surface area contributed by atoms with Crippen molar-refractivity contribution < 1.29 is 13.9 Å². The number of amides is 2. The Balaban J connectivity index is 1.42. The molecule has 2 amide bonds. The van der Waals surface area contributed by atoms with Gasteiger partial charge < -0.3 is 20.3 Å². The number of benzene rings is 2. The van der Waals surface area contributed by atoms with Crippen LogP contribution in [0.3, 0.4) is 0 Å². The number of carbonyl (C=O) groups is 1. The maximum Gasteiger partial charge on any atom is 0.319 e. The summed E-state index contributed by atoms with van der Waals surface area (Å²) in [5.74, 6) is 0.160. The molecule has 138 valence electrons. The molecule has 1 saturated heterocycles. The highest BCUT2D eigenvalue weighted by atomic mass is 19.1. The molecular formula is C20H24FN3O2. The van der Waals surface area contributed by atoms with Crippen molar-refractivity contribution in [2.45, 2.75) is 13.0 Å². The average molecular weight is 357 g/mol. The molecule has 1 unspecified atom stereocenters. The predicted molar refractivity (Wildman–Crippen MR) is 101 cm³/mol. The zero-order chi connectivity index (χ0) is 18.4. The van der Waals surface area contributed by atoms with E-state index in [2.05, 4.69) is 15.5 Å². The van der Waals surface area contributed by atoms with Gasteiger partial charge in [0, 0.05) is 38.1 Å². The van der Waals surface area contributed by atoms with E-state index in [-0.39, 0.29) is 11.8 Å². The molecular weight excluding hydrogens is 333 g/mol. The first-order chi connectivity index (χ1) is 12.6. The fourth-order valence-electron chi connectivity index (χ4n) is 3.15. The molecule has 2 N–H and O–H groups in total. The van der Waals surface area contributed by atoms with Crippen LogP contribution in [-0.2, 0) is 11.3 Å². The Labute approximate surface area is 153 Å². The second kappa shape index (κ2) is 8.67. The predicted octanol–water partition coefficient (Wildman–Crippen LogP) is 3.62. The molecule has 0 radical (unpaired) electrons. The van der Waals surface area contributed by atoms with Crippen molar-refractivity contribution in [1.82, 2.24) is 5.32 Å². The van der Waals surface area contributed by atoms with Gasteiger partial charge in [-0.25, -0.2) is 9.18 Å². The van der Waals surface area contributed by atoms with Crippen LogP contribution in [0.15, 0.2) is 48.5 Å². The van der Waals surface area contributed by atoms with Crippen LogP contribution in [0, 0.1) is 11.7 Å². The van der Waals surface area contributed by atoms with Gasteiger partial charge in [0.1, 0.15) is 5.82 Å². The number of methoxy groups -OCH3 is 1. The number of nitrogens with zero attached hydrogens (tertiary/aromatic N) is 1. The Bertz CT molecular complexity index is 719. The average Bonchev–Trinajstić information content (AvgIpc) is 3.11. The number of halogens is 1. The van der Waals surface area contributed by atoms with E-state index in [9.17, 15) is 9.18 Å². The van der Waals surface area contributed by atoms with Crippen molar-refractivity contribution in [2.24, 2.45) is 5.92 Å². The Morgan fingerprint density at radius 3 is 2.62 bits per heavy atom. The van der Waals surface area contributed by atoms with E-state index in [4.69, 9.17) is 4.74 Å². The Morgan fingerprint density at radius 1 is 1.19 bits per heavy atom. The van der Waals surface area contributed by atoms with E-state index in [1.165, 1.54) is 12.1 Å². The molecule has 0 aromatic heterocycles. The summed E-state index contributed by atoms with van der Waals surface area (Å²) in [6, 6.07) is 13.9. The number of rotatable bonds is 6. The van der Waals surface area contributed by atoms with Crippen LogP contribution in [0.25, 0.3) is 0 Å². The van der Waals surface area contributed by atoms with Crippen LogP contribution in [0.1, 0.15) is 12.0 Å². The van der Waals surface area contributed by atoms with Gasteiger partial charge in [0.15, 0.2) is 0 Å². The third kappa shape index (κ3) is 4.95. The van der Waals surface area contributed by atoms with Crippen molar-refractivity contribution in [3.05, 3.63) is 59.9 Å². The monoisotopic (exact) mass is 357 g/mol. The molecule has 1 aliphatic heterocycles. The molecule has 2 aromatic carbocycles. The number of urea groups is 1. The summed E-state index contributed by atoms with van der Waals surface area (Å²) >= 11 is 0. The van der Waals surface area contributed by atoms with Gasteiger partial charge in [-0.1, -0.05) is 12.1 Å². The van der Waals surface area contributed by atoms with Crippen LogP contribution >= 0.6 is 0 Å². The fourth-order valence-corrected chi connectivity index (χ4v) is 3.15. The number of anilines is 2. The van der Waals surface area contributed by atoms with Crippen LogP contribution in [0.5, 0.6) is 0 Å². The Hall–Kier alpha value is -2.60. The lowest BCUT2D eigenvalue weighted by Crippen LogP contribution is -2.34. The van der Waals surface area contributed by atoms with E-state index < -0.39 is 0 Å². The van der Waals surface area contributed by atoms with Gasteiger partial charge in [0.05, 0.1) is 6.61 Å². The Kier molecular flexibility index (Phi) is 6.07. The molecule has 2 aromatic rings. The van der Waals surface area contributed by atoms with Gasteiger partial charge in [-0.05, 0) is 54.3 Å². The SMILES string of the molecule is COCc1ccc(NC(=O)NCC2CCN(c3ccc(F)cc3)C2)cc1. The topological polar surface area (TPSA) is 53.6 Å². The molecule has 1 aliphatic rings. The fraction of sp³-hybridized carbons (Fsp3) is 0.350. The van der Waals surface area contributed by atoms with Gasteiger partial charge in [-0.3, -0.25) is 0 Å². The van der Waals surface area contributed by atoms with E-state index in [0.717, 1.165) is 36.4 Å². The molecule has 26 heavy (non-hydrogen) atoms. The maximum atomic E-state index is 13.0. The minimum Gasteiger partial charge on any atom is -0.380 e. The molecule has 0 spiro atoms. The molecule has 1 atom stereocenters. The molecule has 6 heteroatoms. The third-order valence-corrected chi connectivity index (χ3v) is 4.55. The van der Waals surface area contributed by atoms with Crippen LogP contribution in [-0.4, -0.2) is 32.8 Å². The van der Waals surface area contributed by atoms with Crippen molar-refractivity contribution in [2.75, 3.05) is 37.0 Å². The summed E-state index contributed by atoms with van der Waals surface area (Å²) in [4.78, 5) is 14.3. The summed E-state index contributed by atoms with van der Waals surface area (Å²) in [6.45, 7) is 2.95. The molecule has 0 bridgehead atoms. The molecule has 0 aliphatic carbocycles. The summed E-state index contributed by atoms with van der Waals surface area (Å²) in [5.41, 5.74) is 2.83. The lowest BCUT2D eigenvalue weighted by atomic mass is 10.1. The van der Waals surface area contributed by atoms with Crippen molar-refractivity contribution in [3.63, 3.8) is 0 Å². The minimum absolute atomic E-state index is 0.204. The number of carbonyl (C=O) groups excluding carboxylic acids is 1. The number of ether oxygens (including phenoxy) is 1. The smallest absolute Gasteiger partial charge is 0.319 e. The first-order valence-corrected chi connectivity index (χ1v) is 8.77. The van der Waals surface area contributed by atoms with Crippen molar-refractivity contribution in [3.8, 4) is 0 Å². The Morgan fingerprint density at radius 2 is 1.92 bits per heavy atom. The molecule has 5 nitrogen and oxygen atoms in total. The first-order valence-electron chi connectivity index (χ1n) is 8.77. The zero-order valence-corrected chi connectivity index (χ0v) is 14.9. The van der Waals surface area contributed by atoms with E-state index >= 15 is 0 Å². The van der Waals surface area contributed by atoms with Gasteiger partial charge in [0.2, 0.25) is 0 Å². The highest BCUT2D eigenvalue weighted by molar-refractivity contribution is 5.89. The quantitative estimate of drug-likeness (QED) is 0.830. The largest absolute Gasteiger partial charge is 0.380 e. The third-order valence-electron chi connectivity index (χ3n) is 4.55. The highest BCUT2D eigenvalue weighted by Crippen LogP contribution is 2.23.